The van der Waals surface area contributed by atoms with E-state index in [4.69, 9.17) is 22.3 Å². The molecular weight excluding hydrogens is 512 g/mol. The van der Waals surface area contributed by atoms with E-state index >= 15 is 0 Å². The van der Waals surface area contributed by atoms with Crippen LogP contribution in [-0.2, 0) is 16.1 Å². The van der Waals surface area contributed by atoms with Crippen LogP contribution in [0.3, 0.4) is 0 Å². The summed E-state index contributed by atoms with van der Waals surface area (Å²) in [6, 6.07) is 10.1. The second-order valence-electron chi connectivity index (χ2n) is 8.60. The molecule has 0 spiro atoms. The fourth-order valence-electron chi connectivity index (χ4n) is 3.92. The molecule has 3 rings (SSSR count). The van der Waals surface area contributed by atoms with E-state index in [1.807, 2.05) is 6.07 Å². The Balaban J connectivity index is 1.70. The van der Waals surface area contributed by atoms with Crippen molar-refractivity contribution < 1.29 is 14.7 Å². The van der Waals surface area contributed by atoms with E-state index in [0.717, 1.165) is 21.8 Å². The number of halogens is 1. The van der Waals surface area contributed by atoms with Crippen molar-refractivity contribution in [1.82, 2.24) is 19.1 Å². The molecule has 0 aliphatic carbocycles. The monoisotopic (exact) mass is 540 g/mol. The quantitative estimate of drug-likeness (QED) is 0.234. The smallest absolute Gasteiger partial charge is 0.327 e. The van der Waals surface area contributed by atoms with Gasteiger partial charge >= 0.3 is 5.97 Å². The predicted molar refractivity (Wildman–Crippen MR) is 146 cm³/mol. The molecule has 1 amide bonds. The van der Waals surface area contributed by atoms with Gasteiger partial charge in [0.15, 0.2) is 0 Å². The summed E-state index contributed by atoms with van der Waals surface area (Å²) in [6.07, 6.45) is 3.81. The van der Waals surface area contributed by atoms with Crippen molar-refractivity contribution in [3.05, 3.63) is 64.3 Å². The lowest BCUT2D eigenvalue weighted by Gasteiger charge is -2.38. The summed E-state index contributed by atoms with van der Waals surface area (Å²) < 4.78 is 1.73. The van der Waals surface area contributed by atoms with Crippen LogP contribution in [0.1, 0.15) is 35.7 Å². The van der Waals surface area contributed by atoms with E-state index in [2.05, 4.69) is 17.6 Å². The third-order valence-electron chi connectivity index (χ3n) is 5.83. The number of aromatic nitrogens is 1. The first-order valence-corrected chi connectivity index (χ1v) is 12.7. The van der Waals surface area contributed by atoms with E-state index in [1.54, 1.807) is 59.6 Å². The number of nitrogens with one attached hydrogen (secondary N) is 2. The van der Waals surface area contributed by atoms with Crippen molar-refractivity contribution in [3.8, 4) is 6.07 Å². The minimum Gasteiger partial charge on any atom is -0.480 e. The van der Waals surface area contributed by atoms with Gasteiger partial charge in [-0.1, -0.05) is 42.4 Å². The highest BCUT2D eigenvalue weighted by atomic mass is 35.5. The van der Waals surface area contributed by atoms with Gasteiger partial charge in [-0.15, -0.1) is 0 Å². The van der Waals surface area contributed by atoms with Crippen molar-refractivity contribution in [2.75, 3.05) is 26.7 Å². The first-order valence-electron chi connectivity index (χ1n) is 11.5. The number of allylic oxidation sites excluding steroid dienone is 1. The van der Waals surface area contributed by atoms with E-state index in [0.29, 0.717) is 23.6 Å². The van der Waals surface area contributed by atoms with E-state index in [-0.39, 0.29) is 31.4 Å². The maximum Gasteiger partial charge on any atom is 0.327 e. The van der Waals surface area contributed by atoms with Gasteiger partial charge in [-0.2, -0.15) is 5.26 Å². The molecule has 0 bridgehead atoms. The molecule has 1 aromatic heterocycles. The number of carboxylic acids is 1. The Hall–Kier alpha value is -3.52. The molecule has 2 heterocycles. The van der Waals surface area contributed by atoms with E-state index < -0.39 is 12.0 Å². The largest absolute Gasteiger partial charge is 0.480 e. The minimum atomic E-state index is -1.07. The maximum absolute atomic E-state index is 13.0. The van der Waals surface area contributed by atoms with Crippen LogP contribution in [0.5, 0.6) is 0 Å². The molecule has 1 atom stereocenters. The Kier molecular flexibility index (Phi) is 9.58. The van der Waals surface area contributed by atoms with Crippen molar-refractivity contribution >= 4 is 53.4 Å². The van der Waals surface area contributed by atoms with Gasteiger partial charge in [0.1, 0.15) is 11.9 Å². The zero-order valence-electron chi connectivity index (χ0n) is 20.7. The molecule has 9 nitrogen and oxygen atoms in total. The SMILES string of the molecule is C=Cc1[nH]c(SN2CC(=O)N(Cc3ccc(C(=N)N(C)CCC#N)cc3)C(C(=O)O)C2)cc1/C=C(\C)Cl. The van der Waals surface area contributed by atoms with Crippen LogP contribution in [0, 0.1) is 16.7 Å². The molecule has 1 fully saturated rings. The molecule has 0 saturated carbocycles. The number of nitriles is 1. The molecule has 1 aromatic carbocycles. The number of H-pyrrole nitrogens is 1. The number of rotatable bonds is 10. The molecule has 0 radical (unpaired) electrons. The zero-order chi connectivity index (χ0) is 27.1. The number of aromatic amines is 1. The summed E-state index contributed by atoms with van der Waals surface area (Å²) in [5.74, 6) is -1.07. The van der Waals surface area contributed by atoms with Gasteiger partial charge in [-0.25, -0.2) is 9.10 Å². The lowest BCUT2D eigenvalue weighted by Crippen LogP contribution is -2.57. The van der Waals surface area contributed by atoms with Gasteiger partial charge in [0.2, 0.25) is 5.91 Å². The van der Waals surface area contributed by atoms with Crippen LogP contribution >= 0.6 is 23.5 Å². The molecule has 194 valence electrons. The summed E-state index contributed by atoms with van der Waals surface area (Å²) >= 11 is 7.30. The second kappa shape index (κ2) is 12.6. The van der Waals surface area contributed by atoms with Crippen LogP contribution in [0.4, 0.5) is 0 Å². The Labute approximate surface area is 225 Å². The Morgan fingerprint density at radius 2 is 2.14 bits per heavy atom. The predicted octanol–water partition coefficient (Wildman–Crippen LogP) is 4.23. The normalized spacial score (nSPS) is 16.4. The average Bonchev–Trinajstić information content (AvgIpc) is 3.23. The Morgan fingerprint density at radius 1 is 1.43 bits per heavy atom. The average molecular weight is 541 g/mol. The first-order chi connectivity index (χ1) is 17.6. The van der Waals surface area contributed by atoms with Crippen molar-refractivity contribution in [2.45, 2.75) is 31.0 Å². The van der Waals surface area contributed by atoms with Gasteiger partial charge in [-0.3, -0.25) is 10.2 Å². The Bertz CT molecular complexity index is 1250. The Morgan fingerprint density at radius 3 is 2.73 bits per heavy atom. The van der Waals surface area contributed by atoms with Crippen molar-refractivity contribution in [2.24, 2.45) is 0 Å². The third-order valence-corrected chi connectivity index (χ3v) is 6.89. The number of carbonyl (C=O) groups is 2. The molecule has 11 heteroatoms. The summed E-state index contributed by atoms with van der Waals surface area (Å²) in [5, 5.41) is 28.3. The van der Waals surface area contributed by atoms with Crippen LogP contribution < -0.4 is 0 Å². The summed E-state index contributed by atoms with van der Waals surface area (Å²) in [6.45, 7) is 6.39. The van der Waals surface area contributed by atoms with Gasteiger partial charge < -0.3 is 19.9 Å². The molecule has 37 heavy (non-hydrogen) atoms. The lowest BCUT2D eigenvalue weighted by molar-refractivity contribution is -0.154. The number of piperazine rings is 1. The van der Waals surface area contributed by atoms with Crippen LogP contribution in [0.25, 0.3) is 12.2 Å². The van der Waals surface area contributed by atoms with Crippen LogP contribution in [-0.4, -0.2) is 74.6 Å². The number of amidine groups is 1. The van der Waals surface area contributed by atoms with Crippen LogP contribution in [0.2, 0.25) is 0 Å². The molecular formula is C26H29ClN6O3S. The molecule has 1 aliphatic rings. The van der Waals surface area contributed by atoms with Gasteiger partial charge in [0.05, 0.1) is 24.1 Å². The number of aliphatic carboxylic acids is 1. The number of carboxylic acid groups (broad SMARTS) is 1. The summed E-state index contributed by atoms with van der Waals surface area (Å²) in [4.78, 5) is 31.4. The number of nitrogens with zero attached hydrogens (tertiary/aromatic N) is 4. The fraction of sp³-hybridized carbons (Fsp3) is 0.308. The number of carbonyl (C=O) groups excluding carboxylic acids is 1. The highest BCUT2D eigenvalue weighted by Gasteiger charge is 2.37. The number of hydrogen-bond acceptors (Lipinski definition) is 6. The maximum atomic E-state index is 13.0. The molecule has 1 aliphatic heterocycles. The molecule has 3 N–H and O–H groups in total. The number of amides is 1. The van der Waals surface area contributed by atoms with E-state index in [1.165, 1.54) is 16.8 Å². The number of hydrogen-bond donors (Lipinski definition) is 3. The molecule has 1 unspecified atom stereocenters. The molecule has 2 aromatic rings. The van der Waals surface area contributed by atoms with Gasteiger partial charge in [0.25, 0.3) is 0 Å². The highest BCUT2D eigenvalue weighted by Crippen LogP contribution is 2.29. The van der Waals surface area contributed by atoms with Gasteiger partial charge in [-0.05, 0) is 42.7 Å². The van der Waals surface area contributed by atoms with E-state index in [9.17, 15) is 14.7 Å². The topological polar surface area (TPSA) is 128 Å². The zero-order valence-corrected chi connectivity index (χ0v) is 22.3. The molecule has 1 saturated heterocycles. The lowest BCUT2D eigenvalue weighted by atomic mass is 10.1. The first kappa shape index (κ1) is 28.1. The summed E-state index contributed by atoms with van der Waals surface area (Å²) in [7, 11) is 1.75. The fourth-order valence-corrected chi connectivity index (χ4v) is 5.04. The second-order valence-corrected chi connectivity index (χ2v) is 10.3. The van der Waals surface area contributed by atoms with Crippen molar-refractivity contribution in [1.29, 1.82) is 10.7 Å². The van der Waals surface area contributed by atoms with Crippen molar-refractivity contribution in [3.63, 3.8) is 0 Å². The number of benzene rings is 1. The highest BCUT2D eigenvalue weighted by molar-refractivity contribution is 7.97. The summed E-state index contributed by atoms with van der Waals surface area (Å²) in [5.41, 5.74) is 3.09. The standard InChI is InChI=1S/C26H29ClN6O3S/c1-4-21-20(12-17(2)27)13-23(30-21)37-32-15-22(26(35)36)33(24(34)16-32)14-18-6-8-19(9-7-18)25(29)31(3)11-5-10-28/h4,6-9,12-13,22,29-30H,1,5,11,14-16H2,2-3H3,(H,35,36)/b17-12+,29-25?. The third kappa shape index (κ3) is 7.26. The van der Waals surface area contributed by atoms with Crippen LogP contribution in [0.15, 0.2) is 47.0 Å². The minimum absolute atomic E-state index is 0.0585. The van der Waals surface area contributed by atoms with Gasteiger partial charge in [0, 0.05) is 48.5 Å².